The lowest BCUT2D eigenvalue weighted by Crippen LogP contribution is -2.04. The van der Waals surface area contributed by atoms with Gasteiger partial charge in [-0.05, 0) is 38.5 Å². The maximum Gasteiger partial charge on any atom is 0.466 e. The van der Waals surface area contributed by atoms with Gasteiger partial charge in [-0.25, -0.2) is 4.57 Å². The van der Waals surface area contributed by atoms with Crippen molar-refractivity contribution in [3.05, 3.63) is 0 Å². The first kappa shape index (κ1) is 25.0. The molecule has 0 aromatic heterocycles. The zero-order chi connectivity index (χ0) is 19.8. The van der Waals surface area contributed by atoms with Crippen LogP contribution in [0, 0.1) is 0 Å². The second kappa shape index (κ2) is 15.1. The summed E-state index contributed by atoms with van der Waals surface area (Å²) in [5, 5.41) is 0. The summed E-state index contributed by atoms with van der Waals surface area (Å²) in [6, 6.07) is 0. The Morgan fingerprint density at radius 3 is 0.962 bits per heavy atom. The van der Waals surface area contributed by atoms with Crippen molar-refractivity contribution in [2.75, 3.05) is 19.8 Å². The standard InChI is InChI=1S/3C5H8O2.H3O4P/c3*6-4-5-2-1-3-7-5;1-5(2,3)4/h3*4-5H,1-3H2;(H3,1,2,3,4). The van der Waals surface area contributed by atoms with E-state index in [2.05, 4.69) is 0 Å². The van der Waals surface area contributed by atoms with Gasteiger partial charge in [0.2, 0.25) is 0 Å². The van der Waals surface area contributed by atoms with Gasteiger partial charge in [-0.2, -0.15) is 0 Å². The van der Waals surface area contributed by atoms with Crippen LogP contribution in [0.4, 0.5) is 0 Å². The van der Waals surface area contributed by atoms with Crippen molar-refractivity contribution in [2.45, 2.75) is 56.8 Å². The Kier molecular flexibility index (Phi) is 14.5. The molecule has 3 aliphatic rings. The van der Waals surface area contributed by atoms with Crippen molar-refractivity contribution >= 4 is 26.7 Å². The molecule has 3 saturated heterocycles. The van der Waals surface area contributed by atoms with E-state index < -0.39 is 7.82 Å². The molecule has 3 heterocycles. The van der Waals surface area contributed by atoms with E-state index in [4.69, 9.17) is 33.5 Å². The summed E-state index contributed by atoms with van der Waals surface area (Å²) in [6.45, 7) is 2.30. The molecule has 3 fully saturated rings. The third-order valence-corrected chi connectivity index (χ3v) is 3.35. The number of aldehydes is 3. The highest BCUT2D eigenvalue weighted by Gasteiger charge is 2.13. The number of hydrogen-bond acceptors (Lipinski definition) is 7. The van der Waals surface area contributed by atoms with Gasteiger partial charge in [-0.3, -0.25) is 0 Å². The Balaban J connectivity index is 0.000000324. The van der Waals surface area contributed by atoms with Gasteiger partial charge < -0.3 is 43.3 Å². The van der Waals surface area contributed by atoms with E-state index in [1.54, 1.807) is 0 Å². The third-order valence-electron chi connectivity index (χ3n) is 3.35. The zero-order valence-electron chi connectivity index (χ0n) is 14.5. The van der Waals surface area contributed by atoms with E-state index in [0.29, 0.717) is 0 Å². The Labute approximate surface area is 152 Å². The first-order valence-electron chi connectivity index (χ1n) is 8.29. The molecule has 0 aliphatic carbocycles. The molecule has 3 rings (SSSR count). The van der Waals surface area contributed by atoms with Gasteiger partial charge in [0.15, 0.2) is 0 Å². The number of hydrogen-bond donors (Lipinski definition) is 3. The van der Waals surface area contributed by atoms with Gasteiger partial charge in [0.25, 0.3) is 0 Å². The number of phosphoric acid groups is 1. The second-order valence-corrected chi connectivity index (χ2v) is 6.60. The fourth-order valence-electron chi connectivity index (χ4n) is 2.13. The lowest BCUT2D eigenvalue weighted by molar-refractivity contribution is -0.116. The summed E-state index contributed by atoms with van der Waals surface area (Å²) in [5.41, 5.74) is 0. The third kappa shape index (κ3) is 16.5. The molecule has 0 amide bonds. The van der Waals surface area contributed by atoms with Crippen LogP contribution in [0.15, 0.2) is 0 Å². The van der Waals surface area contributed by atoms with Crippen LogP contribution in [0.2, 0.25) is 0 Å². The molecule has 0 bridgehead atoms. The normalized spacial score (nSPS) is 27.0. The van der Waals surface area contributed by atoms with Gasteiger partial charge in [0.1, 0.15) is 37.2 Å². The molecule has 11 heteroatoms. The van der Waals surface area contributed by atoms with Gasteiger partial charge in [-0.15, -0.1) is 0 Å². The van der Waals surface area contributed by atoms with Crippen molar-refractivity contribution in [2.24, 2.45) is 0 Å². The number of carbonyl (C=O) groups is 3. The summed E-state index contributed by atoms with van der Waals surface area (Å²) >= 11 is 0. The molecule has 0 aromatic carbocycles. The molecule has 3 unspecified atom stereocenters. The van der Waals surface area contributed by atoms with Crippen LogP contribution in [0.25, 0.3) is 0 Å². The van der Waals surface area contributed by atoms with Crippen LogP contribution in [-0.4, -0.2) is 71.7 Å². The summed E-state index contributed by atoms with van der Waals surface area (Å²) < 4.78 is 23.7. The summed E-state index contributed by atoms with van der Waals surface area (Å²) in [5.74, 6) is 0. The van der Waals surface area contributed by atoms with E-state index in [0.717, 1.165) is 77.2 Å². The Morgan fingerprint density at radius 2 is 0.885 bits per heavy atom. The molecule has 3 aliphatic heterocycles. The van der Waals surface area contributed by atoms with Gasteiger partial charge in [-0.1, -0.05) is 0 Å². The van der Waals surface area contributed by atoms with Crippen molar-refractivity contribution in [3.8, 4) is 0 Å². The molecule has 10 nitrogen and oxygen atoms in total. The van der Waals surface area contributed by atoms with E-state index in [9.17, 15) is 14.4 Å². The molecular formula is C15H27O10P. The van der Waals surface area contributed by atoms with Crippen molar-refractivity contribution in [1.29, 1.82) is 0 Å². The maximum absolute atomic E-state index is 9.88. The minimum absolute atomic E-state index is 0.0833. The van der Waals surface area contributed by atoms with Gasteiger partial charge in [0.05, 0.1) is 0 Å². The maximum atomic E-state index is 9.88. The molecule has 0 saturated carbocycles. The first-order valence-corrected chi connectivity index (χ1v) is 9.85. The minimum Gasteiger partial charge on any atom is -0.371 e. The summed E-state index contributed by atoms with van der Waals surface area (Å²) in [6.07, 6.45) is 8.25. The fourth-order valence-corrected chi connectivity index (χ4v) is 2.13. The SMILES string of the molecule is O=CC1CCCO1.O=CC1CCCO1.O=CC1CCCO1.O=P(O)(O)O. The lowest BCUT2D eigenvalue weighted by Gasteiger charge is -1.93. The van der Waals surface area contributed by atoms with E-state index in [1.807, 2.05) is 0 Å². The molecular weight excluding hydrogens is 371 g/mol. The smallest absolute Gasteiger partial charge is 0.371 e. The quantitative estimate of drug-likeness (QED) is 0.442. The zero-order valence-corrected chi connectivity index (χ0v) is 15.4. The van der Waals surface area contributed by atoms with E-state index >= 15 is 0 Å². The number of carbonyl (C=O) groups excluding carboxylic acids is 3. The highest BCUT2D eigenvalue weighted by atomic mass is 31.2. The van der Waals surface area contributed by atoms with Crippen LogP contribution in [0.1, 0.15) is 38.5 Å². The van der Waals surface area contributed by atoms with Crippen molar-refractivity contribution < 1.29 is 47.8 Å². The fraction of sp³-hybridized carbons (Fsp3) is 0.800. The number of rotatable bonds is 3. The molecule has 0 aromatic rings. The average molecular weight is 398 g/mol. The Morgan fingerprint density at radius 1 is 0.654 bits per heavy atom. The molecule has 0 spiro atoms. The molecule has 3 atom stereocenters. The van der Waals surface area contributed by atoms with Gasteiger partial charge in [0, 0.05) is 19.8 Å². The second-order valence-electron chi connectivity index (χ2n) is 5.58. The highest BCUT2D eigenvalue weighted by Crippen LogP contribution is 2.25. The van der Waals surface area contributed by atoms with Crippen LogP contribution in [0.3, 0.4) is 0 Å². The molecule has 0 radical (unpaired) electrons. The lowest BCUT2D eigenvalue weighted by atomic mass is 10.3. The van der Waals surface area contributed by atoms with Crippen LogP contribution >= 0.6 is 7.82 Å². The van der Waals surface area contributed by atoms with Crippen LogP contribution < -0.4 is 0 Å². The number of ether oxygens (including phenoxy) is 3. The predicted molar refractivity (Wildman–Crippen MR) is 89.4 cm³/mol. The largest absolute Gasteiger partial charge is 0.466 e. The highest BCUT2D eigenvalue weighted by molar-refractivity contribution is 7.45. The summed E-state index contributed by atoms with van der Waals surface area (Å²) in [4.78, 5) is 51.2. The minimum atomic E-state index is -4.64. The Bertz CT molecular complexity index is 364. The van der Waals surface area contributed by atoms with E-state index in [1.165, 1.54) is 0 Å². The monoisotopic (exact) mass is 398 g/mol. The van der Waals surface area contributed by atoms with Crippen LogP contribution in [0.5, 0.6) is 0 Å². The molecule has 152 valence electrons. The van der Waals surface area contributed by atoms with Gasteiger partial charge >= 0.3 is 7.82 Å². The predicted octanol–water partition coefficient (Wildman–Crippen LogP) is 0.164. The average Bonchev–Trinajstić information content (AvgIpc) is 3.37. The Hall–Kier alpha value is -1.00. The van der Waals surface area contributed by atoms with Crippen LogP contribution in [-0.2, 0) is 33.2 Å². The topological polar surface area (TPSA) is 157 Å². The van der Waals surface area contributed by atoms with E-state index in [-0.39, 0.29) is 18.3 Å². The van der Waals surface area contributed by atoms with Crippen molar-refractivity contribution in [1.82, 2.24) is 0 Å². The molecule has 26 heavy (non-hydrogen) atoms. The molecule has 3 N–H and O–H groups in total. The first-order chi connectivity index (χ1) is 12.3. The summed E-state index contributed by atoms with van der Waals surface area (Å²) in [7, 11) is -4.64. The van der Waals surface area contributed by atoms with Crippen molar-refractivity contribution in [3.63, 3.8) is 0 Å².